The van der Waals surface area contributed by atoms with Crippen LogP contribution in [0.2, 0.25) is 0 Å². The van der Waals surface area contributed by atoms with Crippen molar-refractivity contribution in [3.8, 4) is 0 Å². The molecule has 0 aliphatic carbocycles. The van der Waals surface area contributed by atoms with E-state index in [0.29, 0.717) is 11.1 Å². The molecule has 2 amide bonds. The maximum atomic E-state index is 13.4. The Hall–Kier alpha value is -3.25. The van der Waals surface area contributed by atoms with Gasteiger partial charge in [-0.05, 0) is 41.3 Å². The van der Waals surface area contributed by atoms with E-state index >= 15 is 0 Å². The van der Waals surface area contributed by atoms with Crippen LogP contribution in [-0.4, -0.2) is 113 Å². The largest absolute Gasteiger partial charge is 0.390 e. The van der Waals surface area contributed by atoms with Crippen molar-refractivity contribution in [2.45, 2.75) is 44.4 Å². The molecule has 0 spiro atoms. The van der Waals surface area contributed by atoms with E-state index in [9.17, 15) is 27.5 Å². The molecule has 1 aromatic heterocycles. The zero-order valence-corrected chi connectivity index (χ0v) is 29.4. The third kappa shape index (κ3) is 11.1. The van der Waals surface area contributed by atoms with Gasteiger partial charge in [0, 0.05) is 52.9 Å². The minimum Gasteiger partial charge on any atom is -0.390 e. The average molecular weight is 708 g/mol. The van der Waals surface area contributed by atoms with E-state index in [1.807, 2.05) is 7.05 Å². The standard InChI is InChI=1S/C32H46FN7O6S2/c1-32(2,3)29(38-28(42)21-34-18-22-6-5-7-23(33)16-22)30(43)35-19-24(41)20-36-48(44,45)25-8-9-26-27(17-25)47-31(37-26)39(4)10-11-40-12-14-46-15-13-40/h5-9,16-17,24,29,34,36,41H,10-15,18-21H2,1-4H3,(H,35,43)(H,38,42)/t24-,29?/m0/s1. The molecule has 2 aromatic carbocycles. The fourth-order valence-corrected chi connectivity index (χ4v) is 7.14. The minimum atomic E-state index is -3.97. The smallest absolute Gasteiger partial charge is 0.243 e. The maximum Gasteiger partial charge on any atom is 0.243 e. The van der Waals surface area contributed by atoms with Crippen molar-refractivity contribution < 1.29 is 32.2 Å². The predicted molar refractivity (Wildman–Crippen MR) is 184 cm³/mol. The fraction of sp³-hybridized carbons (Fsp3) is 0.531. The van der Waals surface area contributed by atoms with Gasteiger partial charge in [-0.3, -0.25) is 14.5 Å². The number of fused-ring (bicyclic) bond motifs is 1. The van der Waals surface area contributed by atoms with Gasteiger partial charge in [0.15, 0.2) is 5.13 Å². The number of thiazole rings is 1. The first-order valence-corrected chi connectivity index (χ1v) is 18.1. The Balaban J connectivity index is 1.24. The number of nitrogens with one attached hydrogen (secondary N) is 4. The van der Waals surface area contributed by atoms with Crippen LogP contribution in [0.25, 0.3) is 10.2 Å². The Bertz CT molecular complexity index is 1640. The minimum absolute atomic E-state index is 0.0407. The van der Waals surface area contributed by atoms with E-state index in [4.69, 9.17) is 4.74 Å². The molecule has 1 aliphatic heterocycles. The molecule has 48 heavy (non-hydrogen) atoms. The number of morpholine rings is 1. The second-order valence-corrected chi connectivity index (χ2v) is 15.6. The number of aromatic nitrogens is 1. The topological polar surface area (TPSA) is 165 Å². The first-order valence-electron chi connectivity index (χ1n) is 15.8. The molecule has 0 saturated carbocycles. The van der Waals surface area contributed by atoms with E-state index in [1.54, 1.807) is 45.0 Å². The Morgan fingerprint density at radius 1 is 1.15 bits per heavy atom. The number of amides is 2. The molecule has 2 heterocycles. The van der Waals surface area contributed by atoms with Crippen LogP contribution in [0, 0.1) is 11.2 Å². The van der Waals surface area contributed by atoms with Gasteiger partial charge in [0.2, 0.25) is 21.8 Å². The van der Waals surface area contributed by atoms with Crippen molar-refractivity contribution in [1.29, 1.82) is 0 Å². The Morgan fingerprint density at radius 2 is 1.90 bits per heavy atom. The van der Waals surface area contributed by atoms with Gasteiger partial charge in [0.25, 0.3) is 0 Å². The van der Waals surface area contributed by atoms with E-state index in [1.165, 1.54) is 29.5 Å². The molecule has 1 saturated heterocycles. The number of aliphatic hydroxyl groups excluding tert-OH is 1. The molecule has 0 radical (unpaired) electrons. The monoisotopic (exact) mass is 707 g/mol. The molecule has 1 aliphatic rings. The second kappa shape index (κ2) is 16.9. The molecule has 3 aromatic rings. The number of carbonyl (C=O) groups is 2. The summed E-state index contributed by atoms with van der Waals surface area (Å²) in [5, 5.41) is 19.5. The van der Waals surface area contributed by atoms with Crippen molar-refractivity contribution in [1.82, 2.24) is 30.6 Å². The number of hydrogen-bond donors (Lipinski definition) is 5. The van der Waals surface area contributed by atoms with Crippen molar-refractivity contribution in [2.24, 2.45) is 5.41 Å². The number of nitrogens with zero attached hydrogens (tertiary/aromatic N) is 3. The lowest BCUT2D eigenvalue weighted by Gasteiger charge is -2.30. The molecule has 16 heteroatoms. The summed E-state index contributed by atoms with van der Waals surface area (Å²) in [5.74, 6) is -1.33. The summed E-state index contributed by atoms with van der Waals surface area (Å²) in [7, 11) is -2.01. The van der Waals surface area contributed by atoms with E-state index in [-0.39, 0.29) is 36.9 Å². The Morgan fingerprint density at radius 3 is 2.60 bits per heavy atom. The van der Waals surface area contributed by atoms with Crippen molar-refractivity contribution in [3.05, 3.63) is 53.8 Å². The van der Waals surface area contributed by atoms with Crippen molar-refractivity contribution in [3.63, 3.8) is 0 Å². The van der Waals surface area contributed by atoms with Gasteiger partial charge in [-0.25, -0.2) is 22.5 Å². The number of sulfonamides is 1. The molecule has 1 fully saturated rings. The molecule has 13 nitrogen and oxygen atoms in total. The summed E-state index contributed by atoms with van der Waals surface area (Å²) in [6.07, 6.45) is -1.23. The molecule has 4 rings (SSSR count). The van der Waals surface area contributed by atoms with Gasteiger partial charge in [-0.2, -0.15) is 0 Å². The van der Waals surface area contributed by atoms with Gasteiger partial charge < -0.3 is 30.7 Å². The van der Waals surface area contributed by atoms with E-state index in [0.717, 1.165) is 49.2 Å². The third-order valence-electron chi connectivity index (χ3n) is 7.80. The van der Waals surface area contributed by atoms with Crippen LogP contribution in [0.4, 0.5) is 9.52 Å². The number of aliphatic hydroxyl groups is 1. The number of carbonyl (C=O) groups excluding carboxylic acids is 2. The Kier molecular flexibility index (Phi) is 13.2. The van der Waals surface area contributed by atoms with Gasteiger partial charge >= 0.3 is 0 Å². The lowest BCUT2D eigenvalue weighted by atomic mass is 9.86. The molecule has 0 bridgehead atoms. The summed E-state index contributed by atoms with van der Waals surface area (Å²) >= 11 is 1.41. The van der Waals surface area contributed by atoms with Crippen LogP contribution in [-0.2, 0) is 30.9 Å². The van der Waals surface area contributed by atoms with Gasteiger partial charge in [0.05, 0.1) is 41.0 Å². The molecular weight excluding hydrogens is 662 g/mol. The third-order valence-corrected chi connectivity index (χ3v) is 10.4. The maximum absolute atomic E-state index is 13.4. The number of halogens is 1. The number of anilines is 1. The highest BCUT2D eigenvalue weighted by atomic mass is 32.2. The second-order valence-electron chi connectivity index (χ2n) is 12.9. The number of ether oxygens (including phenoxy) is 1. The fourth-order valence-electron chi connectivity index (χ4n) is 4.97. The Labute approximate surface area is 285 Å². The first kappa shape index (κ1) is 37.6. The van der Waals surface area contributed by atoms with Crippen LogP contribution in [0.15, 0.2) is 47.4 Å². The van der Waals surface area contributed by atoms with Crippen molar-refractivity contribution >= 4 is 48.5 Å². The quantitative estimate of drug-likeness (QED) is 0.147. The summed E-state index contributed by atoms with van der Waals surface area (Å²) in [4.78, 5) is 34.7. The zero-order valence-electron chi connectivity index (χ0n) is 27.8. The summed E-state index contributed by atoms with van der Waals surface area (Å²) in [5.41, 5.74) is 0.702. The highest BCUT2D eigenvalue weighted by molar-refractivity contribution is 7.89. The molecule has 5 N–H and O–H groups in total. The first-order chi connectivity index (χ1) is 22.7. The normalized spacial score (nSPS) is 15.6. The van der Waals surface area contributed by atoms with Gasteiger partial charge in [-0.1, -0.05) is 44.2 Å². The van der Waals surface area contributed by atoms with Crippen LogP contribution < -0.4 is 25.6 Å². The van der Waals surface area contributed by atoms with E-state index in [2.05, 4.69) is 35.5 Å². The van der Waals surface area contributed by atoms with Gasteiger partial charge in [-0.15, -0.1) is 0 Å². The summed E-state index contributed by atoms with van der Waals surface area (Å²) in [6, 6.07) is 9.78. The average Bonchev–Trinajstić information content (AvgIpc) is 3.48. The number of benzene rings is 2. The van der Waals surface area contributed by atoms with Crippen LogP contribution in [0.1, 0.15) is 26.3 Å². The van der Waals surface area contributed by atoms with Gasteiger partial charge in [0.1, 0.15) is 11.9 Å². The van der Waals surface area contributed by atoms with Crippen LogP contribution >= 0.6 is 11.3 Å². The zero-order chi connectivity index (χ0) is 34.9. The van der Waals surface area contributed by atoms with Crippen LogP contribution in [0.5, 0.6) is 0 Å². The highest BCUT2D eigenvalue weighted by Gasteiger charge is 2.33. The number of likely N-dealkylation sites (N-methyl/N-ethyl adjacent to an activating group) is 1. The summed E-state index contributed by atoms with van der Waals surface area (Å²) in [6.45, 7) is 9.88. The van der Waals surface area contributed by atoms with Crippen LogP contribution in [0.3, 0.4) is 0 Å². The molecule has 2 atom stereocenters. The number of rotatable bonds is 16. The lowest BCUT2D eigenvalue weighted by molar-refractivity contribution is -0.131. The molecule has 1 unspecified atom stereocenters. The van der Waals surface area contributed by atoms with E-state index < -0.39 is 39.4 Å². The predicted octanol–water partition coefficient (Wildman–Crippen LogP) is 1.28. The molecular formula is C32H46FN7O6S2. The molecule has 264 valence electrons. The number of hydrogen-bond acceptors (Lipinski definition) is 11. The van der Waals surface area contributed by atoms with Crippen molar-refractivity contribution in [2.75, 3.05) is 71.0 Å². The highest BCUT2D eigenvalue weighted by Crippen LogP contribution is 2.30. The lowest BCUT2D eigenvalue weighted by Crippen LogP contribution is -2.56. The summed E-state index contributed by atoms with van der Waals surface area (Å²) < 4.78 is 48.1. The SMILES string of the molecule is CN(CCN1CCOCC1)c1nc2ccc(S(=O)(=O)NC[C@@H](O)CNC(=O)C(NC(=O)CNCc3cccc(F)c3)C(C)(C)C)cc2s1.